The number of nitrogens with zero attached hydrogens (tertiary/aromatic N) is 4. The second kappa shape index (κ2) is 5.91. The van der Waals surface area contributed by atoms with E-state index < -0.39 is 0 Å². The van der Waals surface area contributed by atoms with Crippen molar-refractivity contribution in [2.24, 2.45) is 0 Å². The molecule has 0 aliphatic rings. The number of benzene rings is 1. The Morgan fingerprint density at radius 1 is 1.29 bits per heavy atom. The highest BCUT2D eigenvalue weighted by molar-refractivity contribution is 5.30. The molecule has 1 aromatic heterocycles. The summed E-state index contributed by atoms with van der Waals surface area (Å²) in [4.78, 5) is 0. The van der Waals surface area contributed by atoms with Crippen molar-refractivity contribution in [3.05, 3.63) is 48.8 Å². The van der Waals surface area contributed by atoms with Gasteiger partial charge in [-0.15, -0.1) is 11.7 Å². The molecule has 1 aromatic carbocycles. The van der Waals surface area contributed by atoms with Crippen LogP contribution in [0.2, 0.25) is 0 Å². The van der Waals surface area contributed by atoms with Gasteiger partial charge in [-0.2, -0.15) is 4.68 Å². The van der Waals surface area contributed by atoms with Crippen LogP contribution >= 0.6 is 0 Å². The van der Waals surface area contributed by atoms with E-state index >= 15 is 0 Å². The average molecular weight is 229 g/mol. The van der Waals surface area contributed by atoms with E-state index in [0.717, 1.165) is 24.5 Å². The predicted molar refractivity (Wildman–Crippen MR) is 65.7 cm³/mol. The lowest BCUT2D eigenvalue weighted by atomic mass is 10.3. The van der Waals surface area contributed by atoms with E-state index in [2.05, 4.69) is 27.4 Å². The van der Waals surface area contributed by atoms with Crippen LogP contribution in [0.1, 0.15) is 12.2 Å². The average Bonchev–Trinajstić information content (AvgIpc) is 2.84. The minimum absolute atomic E-state index is 0.649. The molecule has 1 N–H and O–H groups in total. The Morgan fingerprint density at radius 2 is 2.12 bits per heavy atom. The second-order valence-corrected chi connectivity index (χ2v) is 3.60. The van der Waals surface area contributed by atoms with Crippen LogP contribution in [0.15, 0.2) is 43.0 Å². The monoisotopic (exact) mass is 229 g/mol. The van der Waals surface area contributed by atoms with Crippen molar-refractivity contribution in [1.29, 1.82) is 0 Å². The molecule has 2 rings (SSSR count). The van der Waals surface area contributed by atoms with E-state index in [1.807, 2.05) is 36.4 Å². The molecule has 0 saturated heterocycles. The molecule has 0 atom stereocenters. The highest BCUT2D eigenvalue weighted by atomic mass is 15.5. The number of hydrogen-bond acceptors (Lipinski definition) is 4. The maximum Gasteiger partial charge on any atom is 0.170 e. The summed E-state index contributed by atoms with van der Waals surface area (Å²) in [5.41, 5.74) is 0.970. The predicted octanol–water partition coefficient (Wildman–Crippen LogP) is 1.33. The van der Waals surface area contributed by atoms with Gasteiger partial charge in [0.15, 0.2) is 5.82 Å². The van der Waals surface area contributed by atoms with Gasteiger partial charge in [0.05, 0.1) is 12.2 Å². The molecule has 5 nitrogen and oxygen atoms in total. The third-order valence-electron chi connectivity index (χ3n) is 2.34. The number of para-hydroxylation sites is 1. The molecular formula is C12H15N5. The van der Waals surface area contributed by atoms with E-state index in [-0.39, 0.29) is 0 Å². The molecule has 0 bridgehead atoms. The van der Waals surface area contributed by atoms with E-state index in [1.165, 1.54) is 0 Å². The topological polar surface area (TPSA) is 55.6 Å². The molecule has 0 saturated carbocycles. The maximum atomic E-state index is 4.00. The summed E-state index contributed by atoms with van der Waals surface area (Å²) >= 11 is 0. The van der Waals surface area contributed by atoms with Gasteiger partial charge >= 0.3 is 0 Å². The van der Waals surface area contributed by atoms with Crippen LogP contribution in [0.3, 0.4) is 0 Å². The first-order valence-corrected chi connectivity index (χ1v) is 5.56. The Hall–Kier alpha value is -2.01. The first-order valence-electron chi connectivity index (χ1n) is 5.56. The Balaban J connectivity index is 2.04. The van der Waals surface area contributed by atoms with Gasteiger partial charge in [-0.1, -0.05) is 24.3 Å². The van der Waals surface area contributed by atoms with Crippen molar-refractivity contribution in [2.45, 2.75) is 13.0 Å². The molecule has 0 radical (unpaired) electrons. The molecule has 88 valence electrons. The van der Waals surface area contributed by atoms with Crippen LogP contribution in [-0.4, -0.2) is 26.8 Å². The van der Waals surface area contributed by atoms with Gasteiger partial charge in [0.1, 0.15) is 0 Å². The smallest absolute Gasteiger partial charge is 0.170 e. The van der Waals surface area contributed by atoms with Crippen molar-refractivity contribution in [3.8, 4) is 5.69 Å². The molecule has 5 heteroatoms. The quantitative estimate of drug-likeness (QED) is 0.599. The van der Waals surface area contributed by atoms with Crippen LogP contribution in [0, 0.1) is 0 Å². The van der Waals surface area contributed by atoms with Gasteiger partial charge in [-0.3, -0.25) is 0 Å². The van der Waals surface area contributed by atoms with Gasteiger partial charge in [0.25, 0.3) is 0 Å². The van der Waals surface area contributed by atoms with Crippen molar-refractivity contribution < 1.29 is 0 Å². The standard InChI is InChI=1S/C12H15N5/c1-2-3-9-13-10-12-14-15-16-17(12)11-7-5-4-6-8-11/h2,4-8,13H,1,3,9-10H2. The Kier molecular flexibility index (Phi) is 3.99. The highest BCUT2D eigenvalue weighted by Gasteiger charge is 2.06. The summed E-state index contributed by atoms with van der Waals surface area (Å²) in [6.45, 7) is 5.20. The van der Waals surface area contributed by atoms with Crippen molar-refractivity contribution in [3.63, 3.8) is 0 Å². The van der Waals surface area contributed by atoms with Gasteiger partial charge in [0, 0.05) is 0 Å². The molecule has 0 aliphatic carbocycles. The summed E-state index contributed by atoms with van der Waals surface area (Å²) in [6, 6.07) is 9.85. The zero-order chi connectivity index (χ0) is 11.9. The van der Waals surface area contributed by atoms with E-state index in [4.69, 9.17) is 0 Å². The van der Waals surface area contributed by atoms with Gasteiger partial charge < -0.3 is 5.32 Å². The van der Waals surface area contributed by atoms with E-state index in [9.17, 15) is 0 Å². The number of hydrogen-bond donors (Lipinski definition) is 1. The minimum atomic E-state index is 0.649. The van der Waals surface area contributed by atoms with Crippen LogP contribution in [0.5, 0.6) is 0 Å². The van der Waals surface area contributed by atoms with Crippen molar-refractivity contribution in [2.75, 3.05) is 6.54 Å². The first-order chi connectivity index (χ1) is 8.42. The second-order valence-electron chi connectivity index (χ2n) is 3.60. The third kappa shape index (κ3) is 2.98. The fraction of sp³-hybridized carbons (Fsp3) is 0.250. The normalized spacial score (nSPS) is 10.4. The molecule has 1 heterocycles. The van der Waals surface area contributed by atoms with Crippen LogP contribution in [0.4, 0.5) is 0 Å². The number of tetrazole rings is 1. The molecule has 0 unspecified atom stereocenters. The first kappa shape index (κ1) is 11.5. The lowest BCUT2D eigenvalue weighted by Crippen LogP contribution is -2.17. The summed E-state index contributed by atoms with van der Waals surface area (Å²) in [5.74, 6) is 0.806. The van der Waals surface area contributed by atoms with Crippen LogP contribution < -0.4 is 5.32 Å². The SMILES string of the molecule is C=CCCNCc1nnnn1-c1ccccc1. The number of nitrogens with one attached hydrogen (secondary N) is 1. The maximum absolute atomic E-state index is 4.00. The molecule has 2 aromatic rings. The summed E-state index contributed by atoms with van der Waals surface area (Å²) in [7, 11) is 0. The zero-order valence-corrected chi connectivity index (χ0v) is 9.58. The van der Waals surface area contributed by atoms with E-state index in [0.29, 0.717) is 6.54 Å². The minimum Gasteiger partial charge on any atom is -0.309 e. The summed E-state index contributed by atoms with van der Waals surface area (Å²) < 4.78 is 1.74. The largest absolute Gasteiger partial charge is 0.309 e. The van der Waals surface area contributed by atoms with Crippen LogP contribution in [0.25, 0.3) is 5.69 Å². The Bertz CT molecular complexity index is 463. The molecule has 17 heavy (non-hydrogen) atoms. The molecule has 0 spiro atoms. The van der Waals surface area contributed by atoms with Gasteiger partial charge in [0.2, 0.25) is 0 Å². The van der Waals surface area contributed by atoms with E-state index in [1.54, 1.807) is 4.68 Å². The third-order valence-corrected chi connectivity index (χ3v) is 2.34. The zero-order valence-electron chi connectivity index (χ0n) is 9.58. The highest BCUT2D eigenvalue weighted by Crippen LogP contribution is 2.06. The number of rotatable bonds is 6. The molecule has 0 fully saturated rings. The lowest BCUT2D eigenvalue weighted by molar-refractivity contribution is 0.645. The van der Waals surface area contributed by atoms with Gasteiger partial charge in [-0.05, 0) is 35.5 Å². The van der Waals surface area contributed by atoms with Gasteiger partial charge in [-0.25, -0.2) is 0 Å². The van der Waals surface area contributed by atoms with Crippen molar-refractivity contribution >= 4 is 0 Å². The molecule has 0 aliphatic heterocycles. The molecule has 0 amide bonds. The number of aromatic nitrogens is 4. The Morgan fingerprint density at radius 3 is 2.88 bits per heavy atom. The lowest BCUT2D eigenvalue weighted by Gasteiger charge is -2.04. The fourth-order valence-electron chi connectivity index (χ4n) is 1.49. The van der Waals surface area contributed by atoms with Crippen molar-refractivity contribution in [1.82, 2.24) is 25.5 Å². The summed E-state index contributed by atoms with van der Waals surface area (Å²) in [6.07, 6.45) is 2.82. The van der Waals surface area contributed by atoms with Crippen LogP contribution in [-0.2, 0) is 6.54 Å². The molecular weight excluding hydrogens is 214 g/mol. The fourth-order valence-corrected chi connectivity index (χ4v) is 1.49. The Labute approximate surface area is 100 Å². The summed E-state index contributed by atoms with van der Waals surface area (Å²) in [5, 5.41) is 14.9.